The highest BCUT2D eigenvalue weighted by Crippen LogP contribution is 2.20. The van der Waals surface area contributed by atoms with E-state index < -0.39 is 6.10 Å². The second kappa shape index (κ2) is 10.2. The first-order chi connectivity index (χ1) is 14.7. The minimum absolute atomic E-state index is 0.159. The topological polar surface area (TPSA) is 74.7 Å². The van der Waals surface area contributed by atoms with Gasteiger partial charge in [-0.15, -0.1) is 0 Å². The Morgan fingerprint density at radius 1 is 1.23 bits per heavy atom. The number of carbonyl (C=O) groups is 1. The Morgan fingerprint density at radius 3 is 2.87 bits per heavy atom. The maximum Gasteiger partial charge on any atom is 0.251 e. The fourth-order valence-electron chi connectivity index (χ4n) is 4.36. The number of nitrogens with zero attached hydrogens (tertiary/aromatic N) is 2. The van der Waals surface area contributed by atoms with Gasteiger partial charge in [-0.05, 0) is 54.9 Å². The molecule has 1 aromatic heterocycles. The zero-order chi connectivity index (χ0) is 20.8. The smallest absolute Gasteiger partial charge is 0.251 e. The summed E-state index contributed by atoms with van der Waals surface area (Å²) in [6, 6.07) is 12.1. The minimum Gasteiger partial charge on any atom is -0.390 e. The predicted molar refractivity (Wildman–Crippen MR) is 115 cm³/mol. The first kappa shape index (κ1) is 21.0. The number of benzene rings is 1. The molecule has 1 fully saturated rings. The van der Waals surface area contributed by atoms with Gasteiger partial charge in [0.1, 0.15) is 0 Å². The molecule has 1 atom stereocenters. The molecule has 6 heteroatoms. The van der Waals surface area contributed by atoms with Gasteiger partial charge in [0.2, 0.25) is 0 Å². The summed E-state index contributed by atoms with van der Waals surface area (Å²) in [7, 11) is 0. The van der Waals surface area contributed by atoms with Crippen molar-refractivity contribution in [2.75, 3.05) is 32.8 Å². The van der Waals surface area contributed by atoms with Crippen molar-refractivity contribution >= 4 is 5.91 Å². The van der Waals surface area contributed by atoms with Crippen LogP contribution < -0.4 is 5.32 Å². The van der Waals surface area contributed by atoms with Gasteiger partial charge in [-0.1, -0.05) is 24.3 Å². The molecule has 160 valence electrons. The summed E-state index contributed by atoms with van der Waals surface area (Å²) in [5, 5.41) is 13.3. The van der Waals surface area contributed by atoms with E-state index in [0.717, 1.165) is 57.7 Å². The van der Waals surface area contributed by atoms with Crippen molar-refractivity contribution < 1.29 is 14.6 Å². The van der Waals surface area contributed by atoms with E-state index in [1.165, 1.54) is 11.1 Å². The summed E-state index contributed by atoms with van der Waals surface area (Å²) in [4.78, 5) is 19.2. The summed E-state index contributed by atoms with van der Waals surface area (Å²) in [5.41, 5.74) is 4.27. The Hall–Kier alpha value is -2.28. The van der Waals surface area contributed by atoms with Gasteiger partial charge in [-0.25, -0.2) is 0 Å². The van der Waals surface area contributed by atoms with Crippen LogP contribution in [0.2, 0.25) is 0 Å². The summed E-state index contributed by atoms with van der Waals surface area (Å²) in [5.74, 6) is 0.412. The van der Waals surface area contributed by atoms with Crippen molar-refractivity contribution in [2.24, 2.45) is 5.92 Å². The molecule has 2 aliphatic rings. The van der Waals surface area contributed by atoms with E-state index in [0.29, 0.717) is 18.0 Å². The average molecular weight is 410 g/mol. The molecule has 0 bridgehead atoms. The molecule has 1 amide bonds. The van der Waals surface area contributed by atoms with E-state index in [4.69, 9.17) is 4.74 Å². The lowest BCUT2D eigenvalue weighted by Crippen LogP contribution is -2.42. The summed E-state index contributed by atoms with van der Waals surface area (Å²) in [6.45, 7) is 4.20. The first-order valence-electron chi connectivity index (χ1n) is 11.0. The number of pyridine rings is 1. The molecule has 1 saturated heterocycles. The minimum atomic E-state index is -0.595. The predicted octanol–water partition coefficient (Wildman–Crippen LogP) is 2.20. The lowest BCUT2D eigenvalue weighted by atomic mass is 9.94. The van der Waals surface area contributed by atoms with E-state index in [-0.39, 0.29) is 12.5 Å². The number of rotatable bonds is 7. The van der Waals surface area contributed by atoms with E-state index in [2.05, 4.69) is 39.5 Å². The number of β-amino-alcohol motifs (C(OH)–C–C–N with tert-alkyl or cyclic N) is 1. The molecule has 2 aromatic rings. The van der Waals surface area contributed by atoms with Crippen LogP contribution in [0.4, 0.5) is 0 Å². The maximum absolute atomic E-state index is 12.6. The molecule has 6 nitrogen and oxygen atoms in total. The molecule has 4 rings (SSSR count). The largest absolute Gasteiger partial charge is 0.390 e. The van der Waals surface area contributed by atoms with E-state index >= 15 is 0 Å². The zero-order valence-corrected chi connectivity index (χ0v) is 17.4. The van der Waals surface area contributed by atoms with Crippen LogP contribution in [-0.4, -0.2) is 59.8 Å². The highest BCUT2D eigenvalue weighted by atomic mass is 16.5. The SMILES string of the molecule is O=C(NCC(O)CN1CCc2ccccc2C1)c1ccnc(CC2CCOCC2)c1. The third-order valence-electron chi connectivity index (χ3n) is 6.09. The summed E-state index contributed by atoms with van der Waals surface area (Å²) < 4.78 is 5.41. The Labute approximate surface area is 178 Å². The second-order valence-corrected chi connectivity index (χ2v) is 8.41. The number of hydrogen-bond acceptors (Lipinski definition) is 5. The lowest BCUT2D eigenvalue weighted by Gasteiger charge is -2.30. The number of amides is 1. The molecular weight excluding hydrogens is 378 g/mol. The number of aliphatic hydroxyl groups excluding tert-OH is 1. The van der Waals surface area contributed by atoms with Crippen LogP contribution in [0.15, 0.2) is 42.6 Å². The van der Waals surface area contributed by atoms with Crippen LogP contribution in [-0.2, 0) is 24.1 Å². The number of carbonyl (C=O) groups excluding carboxylic acids is 1. The number of hydrogen-bond donors (Lipinski definition) is 2. The number of aliphatic hydroxyl groups is 1. The molecule has 3 heterocycles. The number of nitrogens with one attached hydrogen (secondary N) is 1. The highest BCUT2D eigenvalue weighted by Gasteiger charge is 2.19. The van der Waals surface area contributed by atoms with E-state index in [9.17, 15) is 9.90 Å². The molecule has 1 aromatic carbocycles. The zero-order valence-electron chi connectivity index (χ0n) is 17.4. The Kier molecular flexibility index (Phi) is 7.10. The summed E-state index contributed by atoms with van der Waals surface area (Å²) >= 11 is 0. The average Bonchev–Trinajstić information content (AvgIpc) is 2.78. The van der Waals surface area contributed by atoms with Crippen molar-refractivity contribution in [2.45, 2.75) is 38.3 Å². The Bertz CT molecular complexity index is 851. The van der Waals surface area contributed by atoms with Gasteiger partial charge in [0.25, 0.3) is 5.91 Å². The van der Waals surface area contributed by atoms with Crippen molar-refractivity contribution in [3.63, 3.8) is 0 Å². The lowest BCUT2D eigenvalue weighted by molar-refractivity contribution is 0.0662. The number of ether oxygens (including phenoxy) is 1. The van der Waals surface area contributed by atoms with Crippen LogP contribution in [0, 0.1) is 5.92 Å². The molecule has 0 radical (unpaired) electrons. The van der Waals surface area contributed by atoms with Crippen LogP contribution in [0.25, 0.3) is 0 Å². The van der Waals surface area contributed by atoms with Crippen LogP contribution in [0.3, 0.4) is 0 Å². The molecular formula is C24H31N3O3. The molecule has 0 saturated carbocycles. The molecule has 0 aliphatic carbocycles. The van der Waals surface area contributed by atoms with E-state index in [1.54, 1.807) is 12.3 Å². The fraction of sp³-hybridized carbons (Fsp3) is 0.500. The monoisotopic (exact) mass is 409 g/mol. The van der Waals surface area contributed by atoms with Crippen molar-refractivity contribution in [3.05, 3.63) is 65.0 Å². The standard InChI is InChI=1S/C24H31N3O3/c28-23(17-27-10-6-19-3-1-2-4-21(19)16-27)15-26-24(29)20-5-9-25-22(14-20)13-18-7-11-30-12-8-18/h1-5,9,14,18,23,28H,6-8,10-13,15-17H2,(H,26,29). The van der Waals surface area contributed by atoms with Crippen molar-refractivity contribution in [3.8, 4) is 0 Å². The van der Waals surface area contributed by atoms with Gasteiger partial charge in [0.15, 0.2) is 0 Å². The van der Waals surface area contributed by atoms with Gasteiger partial charge in [0, 0.05) is 56.8 Å². The van der Waals surface area contributed by atoms with E-state index in [1.807, 2.05) is 6.07 Å². The normalized spacial score (nSPS) is 18.6. The van der Waals surface area contributed by atoms with Gasteiger partial charge in [-0.2, -0.15) is 0 Å². The third-order valence-corrected chi connectivity index (χ3v) is 6.09. The quantitative estimate of drug-likeness (QED) is 0.733. The molecule has 30 heavy (non-hydrogen) atoms. The number of aromatic nitrogens is 1. The third kappa shape index (κ3) is 5.65. The fourth-order valence-corrected chi connectivity index (χ4v) is 4.36. The highest BCUT2D eigenvalue weighted by molar-refractivity contribution is 5.94. The van der Waals surface area contributed by atoms with Crippen LogP contribution in [0.1, 0.15) is 40.0 Å². The molecule has 1 unspecified atom stereocenters. The maximum atomic E-state index is 12.6. The van der Waals surface area contributed by atoms with Gasteiger partial charge in [-0.3, -0.25) is 14.7 Å². The van der Waals surface area contributed by atoms with Crippen LogP contribution >= 0.6 is 0 Å². The van der Waals surface area contributed by atoms with Crippen molar-refractivity contribution in [1.29, 1.82) is 0 Å². The van der Waals surface area contributed by atoms with Crippen molar-refractivity contribution in [1.82, 2.24) is 15.2 Å². The second-order valence-electron chi connectivity index (χ2n) is 8.41. The molecule has 2 aliphatic heterocycles. The Balaban J connectivity index is 1.24. The number of fused-ring (bicyclic) bond motifs is 1. The van der Waals surface area contributed by atoms with Gasteiger partial charge >= 0.3 is 0 Å². The molecule has 0 spiro atoms. The van der Waals surface area contributed by atoms with Gasteiger partial charge < -0.3 is 15.2 Å². The van der Waals surface area contributed by atoms with Crippen LogP contribution in [0.5, 0.6) is 0 Å². The Morgan fingerprint density at radius 2 is 2.03 bits per heavy atom. The molecule has 2 N–H and O–H groups in total. The van der Waals surface area contributed by atoms with Gasteiger partial charge in [0.05, 0.1) is 6.10 Å². The summed E-state index contributed by atoms with van der Waals surface area (Å²) in [6.07, 6.45) is 5.08. The first-order valence-corrected chi connectivity index (χ1v) is 11.0.